The molecule has 0 aromatic heterocycles. The lowest BCUT2D eigenvalue weighted by Crippen LogP contribution is -2.49. The predicted molar refractivity (Wildman–Crippen MR) is 97.2 cm³/mol. The number of nitrogens with zero attached hydrogens (tertiary/aromatic N) is 1. The zero-order valence-corrected chi connectivity index (χ0v) is 14.2. The van der Waals surface area contributed by atoms with Crippen LogP contribution in [0.4, 0.5) is 5.69 Å². The van der Waals surface area contributed by atoms with E-state index in [9.17, 15) is 4.79 Å². The van der Waals surface area contributed by atoms with Crippen LogP contribution in [0.2, 0.25) is 0 Å². The fourth-order valence-corrected chi connectivity index (χ4v) is 4.40. The maximum Gasteiger partial charge on any atom is 0.254 e. The number of aryl methyl sites for hydroxylation is 2. The number of hydrogen-bond acceptors (Lipinski definition) is 2. The summed E-state index contributed by atoms with van der Waals surface area (Å²) in [6.45, 7) is 2.83. The first-order chi connectivity index (χ1) is 11.6. The van der Waals surface area contributed by atoms with Crippen LogP contribution >= 0.6 is 0 Å². The Labute approximate surface area is 143 Å². The molecule has 2 aromatic rings. The van der Waals surface area contributed by atoms with Gasteiger partial charge in [0.2, 0.25) is 0 Å². The van der Waals surface area contributed by atoms with Gasteiger partial charge < -0.3 is 10.6 Å². The van der Waals surface area contributed by atoms with Gasteiger partial charge in [0.1, 0.15) is 0 Å². The van der Waals surface area contributed by atoms with E-state index in [4.69, 9.17) is 5.73 Å². The Morgan fingerprint density at radius 1 is 1.17 bits per heavy atom. The molecule has 2 aliphatic rings. The highest BCUT2D eigenvalue weighted by molar-refractivity contribution is 5.95. The van der Waals surface area contributed by atoms with Crippen LogP contribution in [0.25, 0.3) is 0 Å². The minimum atomic E-state index is 0.135. The van der Waals surface area contributed by atoms with Gasteiger partial charge in [0, 0.05) is 29.8 Å². The Hall–Kier alpha value is -2.29. The molecular weight excluding hydrogens is 296 g/mol. The second-order valence-corrected chi connectivity index (χ2v) is 7.12. The van der Waals surface area contributed by atoms with Crippen molar-refractivity contribution in [2.24, 2.45) is 0 Å². The van der Waals surface area contributed by atoms with Gasteiger partial charge in [-0.05, 0) is 61.4 Å². The van der Waals surface area contributed by atoms with E-state index in [1.165, 1.54) is 17.5 Å². The largest absolute Gasteiger partial charge is 0.398 e. The number of piperidine rings is 1. The van der Waals surface area contributed by atoms with Crippen LogP contribution in [0.1, 0.15) is 52.2 Å². The Kier molecular flexibility index (Phi) is 3.79. The van der Waals surface area contributed by atoms with Gasteiger partial charge in [0.25, 0.3) is 5.91 Å². The summed E-state index contributed by atoms with van der Waals surface area (Å²) in [6, 6.07) is 14.8. The molecule has 0 bridgehead atoms. The summed E-state index contributed by atoms with van der Waals surface area (Å²) in [7, 11) is 0. The highest BCUT2D eigenvalue weighted by Gasteiger charge is 2.38. The molecule has 2 aromatic carbocycles. The van der Waals surface area contributed by atoms with E-state index in [2.05, 4.69) is 29.2 Å². The van der Waals surface area contributed by atoms with Crippen molar-refractivity contribution in [2.75, 3.05) is 12.3 Å². The zero-order chi connectivity index (χ0) is 16.7. The fraction of sp³-hybridized carbons (Fsp3) is 0.381. The average Bonchev–Trinajstić information content (AvgIpc) is 2.62. The van der Waals surface area contributed by atoms with Gasteiger partial charge in [0.15, 0.2) is 0 Å². The number of carbonyl (C=O) groups excluding carboxylic acids is 1. The molecule has 0 unspecified atom stereocenters. The number of anilines is 1. The second-order valence-electron chi connectivity index (χ2n) is 7.12. The van der Waals surface area contributed by atoms with Gasteiger partial charge in [-0.25, -0.2) is 0 Å². The van der Waals surface area contributed by atoms with Gasteiger partial charge >= 0.3 is 0 Å². The molecule has 1 fully saturated rings. The first kappa shape index (κ1) is 15.3. The minimum absolute atomic E-state index is 0.135. The van der Waals surface area contributed by atoms with Gasteiger partial charge in [-0.2, -0.15) is 0 Å². The third-order valence-corrected chi connectivity index (χ3v) is 5.73. The fourth-order valence-electron chi connectivity index (χ4n) is 4.40. The maximum absolute atomic E-state index is 13.1. The molecule has 1 aliphatic heterocycles. The number of fused-ring (bicyclic) bond motifs is 3. The topological polar surface area (TPSA) is 46.3 Å². The number of rotatable bonds is 1. The third-order valence-electron chi connectivity index (χ3n) is 5.73. The molecule has 3 heteroatoms. The summed E-state index contributed by atoms with van der Waals surface area (Å²) in [5, 5.41) is 0. The average molecular weight is 320 g/mol. The summed E-state index contributed by atoms with van der Waals surface area (Å²) < 4.78 is 0. The lowest BCUT2D eigenvalue weighted by atomic mass is 9.74. The maximum atomic E-state index is 13.1. The van der Waals surface area contributed by atoms with Crippen LogP contribution in [0.3, 0.4) is 0 Å². The van der Waals surface area contributed by atoms with Crippen molar-refractivity contribution in [1.82, 2.24) is 4.90 Å². The van der Waals surface area contributed by atoms with E-state index in [0.29, 0.717) is 17.6 Å². The van der Waals surface area contributed by atoms with Crippen molar-refractivity contribution < 1.29 is 4.79 Å². The van der Waals surface area contributed by atoms with E-state index in [1.807, 2.05) is 25.1 Å². The standard InChI is InChI=1S/C21H24N2O/c1-14-8-9-16(13-19(14)22)21(24)23-12-4-7-18-17-6-3-2-5-15(17)10-11-20(18)23/h2-3,5-6,8-9,13,18,20H,4,7,10-12,22H2,1H3/t18-,20+/m0/s1. The third kappa shape index (κ3) is 2.48. The number of carbonyl (C=O) groups is 1. The van der Waals surface area contributed by atoms with Crippen molar-refractivity contribution in [3.63, 3.8) is 0 Å². The van der Waals surface area contributed by atoms with Crippen LogP contribution in [0, 0.1) is 6.92 Å². The van der Waals surface area contributed by atoms with Gasteiger partial charge in [-0.1, -0.05) is 30.3 Å². The van der Waals surface area contributed by atoms with Crippen LogP contribution in [0.5, 0.6) is 0 Å². The zero-order valence-electron chi connectivity index (χ0n) is 14.2. The highest BCUT2D eigenvalue weighted by atomic mass is 16.2. The molecule has 1 amide bonds. The lowest BCUT2D eigenvalue weighted by Gasteiger charge is -2.45. The molecule has 0 spiro atoms. The number of amides is 1. The SMILES string of the molecule is Cc1ccc(C(=O)N2CCC[C@H]3c4ccccc4CC[C@H]32)cc1N. The van der Waals surface area contributed by atoms with Crippen molar-refractivity contribution >= 4 is 11.6 Å². The summed E-state index contributed by atoms with van der Waals surface area (Å²) in [6.07, 6.45) is 4.38. The molecule has 124 valence electrons. The number of benzene rings is 2. The summed E-state index contributed by atoms with van der Waals surface area (Å²) >= 11 is 0. The van der Waals surface area contributed by atoms with Gasteiger partial charge in [-0.3, -0.25) is 4.79 Å². The number of likely N-dealkylation sites (tertiary alicyclic amines) is 1. The van der Waals surface area contributed by atoms with E-state index >= 15 is 0 Å². The van der Waals surface area contributed by atoms with Crippen molar-refractivity contribution in [3.8, 4) is 0 Å². The molecule has 1 aliphatic carbocycles. The molecule has 2 atom stereocenters. The number of nitrogen functional groups attached to an aromatic ring is 1. The van der Waals surface area contributed by atoms with E-state index < -0.39 is 0 Å². The van der Waals surface area contributed by atoms with Crippen LogP contribution in [-0.4, -0.2) is 23.4 Å². The molecule has 1 saturated heterocycles. The minimum Gasteiger partial charge on any atom is -0.398 e. The van der Waals surface area contributed by atoms with Gasteiger partial charge in [-0.15, -0.1) is 0 Å². The molecule has 1 heterocycles. The quantitative estimate of drug-likeness (QED) is 0.810. The molecule has 0 saturated carbocycles. The molecule has 24 heavy (non-hydrogen) atoms. The van der Waals surface area contributed by atoms with E-state index in [-0.39, 0.29) is 5.91 Å². The van der Waals surface area contributed by atoms with Crippen LogP contribution in [-0.2, 0) is 6.42 Å². The highest BCUT2D eigenvalue weighted by Crippen LogP contribution is 2.41. The Morgan fingerprint density at radius 2 is 2.00 bits per heavy atom. The first-order valence-corrected chi connectivity index (χ1v) is 8.90. The molecule has 2 N–H and O–H groups in total. The smallest absolute Gasteiger partial charge is 0.254 e. The van der Waals surface area contributed by atoms with E-state index in [0.717, 1.165) is 36.9 Å². The Bertz CT molecular complexity index is 783. The van der Waals surface area contributed by atoms with Crippen molar-refractivity contribution in [2.45, 2.75) is 44.6 Å². The molecule has 0 radical (unpaired) electrons. The van der Waals surface area contributed by atoms with Crippen LogP contribution < -0.4 is 5.73 Å². The number of nitrogens with two attached hydrogens (primary N) is 1. The monoisotopic (exact) mass is 320 g/mol. The lowest BCUT2D eigenvalue weighted by molar-refractivity contribution is 0.0547. The van der Waals surface area contributed by atoms with Crippen molar-refractivity contribution in [1.29, 1.82) is 0 Å². The van der Waals surface area contributed by atoms with Gasteiger partial charge in [0.05, 0.1) is 0 Å². The molecular formula is C21H24N2O. The Balaban J connectivity index is 1.64. The van der Waals surface area contributed by atoms with Crippen LogP contribution in [0.15, 0.2) is 42.5 Å². The summed E-state index contributed by atoms with van der Waals surface area (Å²) in [4.78, 5) is 15.2. The summed E-state index contributed by atoms with van der Waals surface area (Å²) in [5.74, 6) is 0.617. The second kappa shape index (κ2) is 5.97. The van der Waals surface area contributed by atoms with Crippen molar-refractivity contribution in [3.05, 3.63) is 64.7 Å². The predicted octanol–water partition coefficient (Wildman–Crippen LogP) is 3.91. The normalized spacial score (nSPS) is 22.6. The molecule has 4 rings (SSSR count). The van der Waals surface area contributed by atoms with E-state index in [1.54, 1.807) is 0 Å². The molecule has 3 nitrogen and oxygen atoms in total. The Morgan fingerprint density at radius 3 is 2.83 bits per heavy atom. The first-order valence-electron chi connectivity index (χ1n) is 8.90. The number of hydrogen-bond donors (Lipinski definition) is 1. The summed E-state index contributed by atoms with van der Waals surface area (Å²) in [5.41, 5.74) is 11.4.